The Balaban J connectivity index is 0.00000233. The van der Waals surface area contributed by atoms with Crippen LogP contribution in [0.15, 0.2) is 24.4 Å². The van der Waals surface area contributed by atoms with Gasteiger partial charge < -0.3 is 24.8 Å². The molecule has 2 atom stereocenters. The van der Waals surface area contributed by atoms with Crippen LogP contribution in [0.1, 0.15) is 30.1 Å². The number of aliphatic hydroxyl groups excluding tert-OH is 2. The number of nitrogens with zero attached hydrogens (tertiary/aromatic N) is 1. The fraction of sp³-hybridized carbons (Fsp3) is 0.476. The Kier molecular flexibility index (Phi) is 11.5. The molecule has 1 aromatic heterocycles. The summed E-state index contributed by atoms with van der Waals surface area (Å²) >= 11 is 0. The summed E-state index contributed by atoms with van der Waals surface area (Å²) in [5.41, 5.74) is 0.231. The lowest BCUT2D eigenvalue weighted by Crippen LogP contribution is -2.33. The van der Waals surface area contributed by atoms with Gasteiger partial charge in [0.15, 0.2) is 0 Å². The van der Waals surface area contributed by atoms with Crippen LogP contribution in [0.4, 0.5) is 17.6 Å². The zero-order valence-electron chi connectivity index (χ0n) is 17.2. The smallest absolute Gasteiger partial charge is 0.340 e. The van der Waals surface area contributed by atoms with E-state index in [-0.39, 0.29) is 41.9 Å². The monoisotopic (exact) mass is 446 g/mol. The molecule has 0 amide bonds. The summed E-state index contributed by atoms with van der Waals surface area (Å²) in [6, 6.07) is 3.32. The molecule has 0 aliphatic carbocycles. The van der Waals surface area contributed by atoms with Gasteiger partial charge in [-0.25, -0.2) is 22.4 Å². The highest BCUT2D eigenvalue weighted by Gasteiger charge is 2.23. The summed E-state index contributed by atoms with van der Waals surface area (Å²) in [5.74, 6) is 0.966. The lowest BCUT2D eigenvalue weighted by molar-refractivity contribution is 0.0275. The van der Waals surface area contributed by atoms with Crippen molar-refractivity contribution in [2.45, 2.75) is 44.9 Å². The van der Waals surface area contributed by atoms with E-state index >= 15 is 0 Å². The molecule has 0 aliphatic heterocycles. The number of esters is 1. The Bertz CT molecular complexity index is 893. The molecular formula is C21H26F4N2O4. The van der Waals surface area contributed by atoms with Crippen LogP contribution in [0.25, 0.3) is 10.9 Å². The molecule has 0 spiro atoms. The van der Waals surface area contributed by atoms with Gasteiger partial charge in [0.05, 0.1) is 12.1 Å². The number of benzene rings is 1. The van der Waals surface area contributed by atoms with Gasteiger partial charge >= 0.3 is 5.97 Å². The number of fused-ring (bicyclic) bond motifs is 1. The van der Waals surface area contributed by atoms with Gasteiger partial charge in [-0.3, -0.25) is 0 Å². The van der Waals surface area contributed by atoms with E-state index in [4.69, 9.17) is 14.9 Å². The summed E-state index contributed by atoms with van der Waals surface area (Å²) in [5, 5.41) is 18.8. The second kappa shape index (κ2) is 13.5. The van der Waals surface area contributed by atoms with Crippen molar-refractivity contribution in [2.75, 3.05) is 20.3 Å². The van der Waals surface area contributed by atoms with E-state index in [2.05, 4.69) is 11.2 Å². The molecule has 1 aromatic carbocycles. The quantitative estimate of drug-likeness (QED) is 0.297. The summed E-state index contributed by atoms with van der Waals surface area (Å²) in [4.78, 5) is 12.7. The minimum Gasteiger partial charge on any atom is -0.462 e. The largest absolute Gasteiger partial charge is 0.462 e. The highest BCUT2D eigenvalue weighted by Crippen LogP contribution is 2.25. The number of aliphatic hydroxyl groups is 2. The predicted molar refractivity (Wildman–Crippen MR) is 108 cm³/mol. The standard InChI is InChI=1S/C20H22F4N2O3.CH4O/c1-13(25-7-6-21)9-15(3-2-8-27)29-20(28)17-11-26(12-19(23)24)18-5-4-14(22)10-16(17)18;1-2/h4-5,10-11,13,15,19,25,27H,3,6-7,9,12H2,1H3;2H,1H3. The molecule has 172 valence electrons. The normalized spacial score (nSPS) is 12.5. The van der Waals surface area contributed by atoms with Gasteiger partial charge in [-0.2, -0.15) is 0 Å². The average molecular weight is 446 g/mol. The first kappa shape index (κ1) is 26.3. The molecule has 0 fully saturated rings. The summed E-state index contributed by atoms with van der Waals surface area (Å²) in [6.45, 7) is 0.695. The van der Waals surface area contributed by atoms with Gasteiger partial charge in [0.1, 0.15) is 24.7 Å². The number of nitrogens with one attached hydrogen (secondary N) is 1. The van der Waals surface area contributed by atoms with E-state index in [9.17, 15) is 22.4 Å². The fourth-order valence-electron chi connectivity index (χ4n) is 3.06. The van der Waals surface area contributed by atoms with Crippen molar-refractivity contribution < 1.29 is 37.3 Å². The highest BCUT2D eigenvalue weighted by molar-refractivity contribution is 6.04. The highest BCUT2D eigenvalue weighted by atomic mass is 19.3. The number of rotatable bonds is 10. The topological polar surface area (TPSA) is 83.7 Å². The molecule has 0 radical (unpaired) electrons. The Morgan fingerprint density at radius 3 is 2.65 bits per heavy atom. The number of ether oxygens (including phenoxy) is 1. The van der Waals surface area contributed by atoms with E-state index < -0.39 is 37.5 Å². The van der Waals surface area contributed by atoms with Gasteiger partial charge in [0.2, 0.25) is 0 Å². The number of aromatic nitrogens is 1. The fourth-order valence-corrected chi connectivity index (χ4v) is 3.06. The van der Waals surface area contributed by atoms with Crippen LogP contribution >= 0.6 is 0 Å². The summed E-state index contributed by atoms with van der Waals surface area (Å²) < 4.78 is 58.3. The first-order valence-electron chi connectivity index (χ1n) is 9.49. The molecule has 0 bridgehead atoms. The number of carbonyl (C=O) groups excluding carboxylic acids is 1. The number of halogens is 4. The van der Waals surface area contributed by atoms with Crippen LogP contribution in [0.5, 0.6) is 0 Å². The Morgan fingerprint density at radius 2 is 2.03 bits per heavy atom. The summed E-state index contributed by atoms with van der Waals surface area (Å²) in [6.07, 6.45) is -0.160. The molecule has 31 heavy (non-hydrogen) atoms. The van der Waals surface area contributed by atoms with E-state index in [1.54, 1.807) is 13.0 Å². The molecule has 1 heterocycles. The van der Waals surface area contributed by atoms with Crippen LogP contribution < -0.4 is 5.32 Å². The van der Waals surface area contributed by atoms with Crippen molar-refractivity contribution in [1.29, 1.82) is 0 Å². The second-order valence-corrected chi connectivity index (χ2v) is 6.55. The van der Waals surface area contributed by atoms with Gasteiger partial charge in [-0.15, -0.1) is 0 Å². The minimum absolute atomic E-state index is 0.0217. The third-order valence-electron chi connectivity index (χ3n) is 4.28. The number of hydrogen-bond donors (Lipinski definition) is 3. The van der Waals surface area contributed by atoms with Crippen LogP contribution in [0.3, 0.4) is 0 Å². The van der Waals surface area contributed by atoms with Gasteiger partial charge in [-0.05, 0) is 25.1 Å². The third-order valence-corrected chi connectivity index (χ3v) is 4.28. The molecule has 0 saturated carbocycles. The van der Waals surface area contributed by atoms with E-state index in [0.717, 1.165) is 19.2 Å². The van der Waals surface area contributed by atoms with Crippen molar-refractivity contribution in [3.63, 3.8) is 0 Å². The van der Waals surface area contributed by atoms with Crippen molar-refractivity contribution in [2.24, 2.45) is 0 Å². The Hall–Kier alpha value is -2.77. The molecule has 2 aromatic rings. The van der Waals surface area contributed by atoms with Gasteiger partial charge in [0.25, 0.3) is 6.43 Å². The first-order chi connectivity index (χ1) is 14.8. The lowest BCUT2D eigenvalue weighted by Gasteiger charge is -2.20. The predicted octanol–water partition coefficient (Wildman–Crippen LogP) is 3.24. The van der Waals surface area contributed by atoms with Gasteiger partial charge in [-0.1, -0.05) is 5.92 Å². The molecular weight excluding hydrogens is 420 g/mol. The molecule has 2 unspecified atom stereocenters. The lowest BCUT2D eigenvalue weighted by atomic mass is 10.1. The number of alkyl halides is 3. The first-order valence-corrected chi connectivity index (χ1v) is 9.49. The van der Waals surface area contributed by atoms with Crippen LogP contribution in [-0.4, -0.2) is 59.6 Å². The molecule has 2 rings (SSSR count). The van der Waals surface area contributed by atoms with Crippen molar-refractivity contribution in [3.05, 3.63) is 35.8 Å². The SMILES string of the molecule is CC(CC(CC#CO)OC(=O)c1cn(CC(F)F)c2ccc(F)cc12)NCCF.CO. The van der Waals surface area contributed by atoms with E-state index in [1.807, 2.05) is 0 Å². The molecule has 6 nitrogen and oxygen atoms in total. The van der Waals surface area contributed by atoms with E-state index in [0.29, 0.717) is 0 Å². The summed E-state index contributed by atoms with van der Waals surface area (Å²) in [7, 11) is 1.00. The molecule has 10 heteroatoms. The molecule has 3 N–H and O–H groups in total. The Morgan fingerprint density at radius 1 is 1.32 bits per heavy atom. The van der Waals surface area contributed by atoms with Crippen LogP contribution in [0.2, 0.25) is 0 Å². The van der Waals surface area contributed by atoms with Crippen molar-refractivity contribution in [1.82, 2.24) is 9.88 Å². The van der Waals surface area contributed by atoms with Gasteiger partial charge in [0, 0.05) is 49.6 Å². The van der Waals surface area contributed by atoms with Crippen LogP contribution in [0, 0.1) is 17.8 Å². The zero-order chi connectivity index (χ0) is 23.4. The average Bonchev–Trinajstić information content (AvgIpc) is 3.08. The maximum absolute atomic E-state index is 13.7. The van der Waals surface area contributed by atoms with E-state index in [1.165, 1.54) is 16.8 Å². The molecule has 0 saturated heterocycles. The Labute approximate surface area is 177 Å². The maximum atomic E-state index is 13.7. The van der Waals surface area contributed by atoms with Crippen LogP contribution in [-0.2, 0) is 11.3 Å². The zero-order valence-corrected chi connectivity index (χ0v) is 17.2. The number of hydrogen-bond acceptors (Lipinski definition) is 5. The molecule has 0 aliphatic rings. The minimum atomic E-state index is -2.66. The second-order valence-electron chi connectivity index (χ2n) is 6.55. The van der Waals surface area contributed by atoms with Crippen molar-refractivity contribution in [3.8, 4) is 12.0 Å². The maximum Gasteiger partial charge on any atom is 0.340 e. The number of carbonyl (C=O) groups is 1. The van der Waals surface area contributed by atoms with Crippen molar-refractivity contribution >= 4 is 16.9 Å². The third kappa shape index (κ3) is 8.11.